The molecule has 136 valence electrons. The number of amides is 1. The maximum absolute atomic E-state index is 12.2. The first-order valence-corrected chi connectivity index (χ1v) is 9.26. The van der Waals surface area contributed by atoms with Gasteiger partial charge in [-0.1, -0.05) is 10.5 Å². The largest absolute Gasteiger partial charge is 0.352 e. The van der Waals surface area contributed by atoms with Gasteiger partial charge < -0.3 is 9.88 Å². The molecular weight excluding hydrogens is 344 g/mol. The normalized spacial score (nSPS) is 11.6. The highest BCUT2D eigenvalue weighted by Gasteiger charge is 2.21. The minimum atomic E-state index is -3.78. The highest BCUT2D eigenvalue weighted by Crippen LogP contribution is 2.16. The zero-order valence-corrected chi connectivity index (χ0v) is 15.1. The van der Waals surface area contributed by atoms with Crippen LogP contribution < -0.4 is 5.32 Å². The molecule has 0 aliphatic rings. The summed E-state index contributed by atoms with van der Waals surface area (Å²) in [6.07, 6.45) is 7.09. The Morgan fingerprint density at radius 2 is 2.16 bits per heavy atom. The average molecular weight is 366 g/mol. The van der Waals surface area contributed by atoms with Crippen molar-refractivity contribution < 1.29 is 18.0 Å². The zero-order valence-electron chi connectivity index (χ0n) is 14.3. The fourth-order valence-electron chi connectivity index (χ4n) is 2.19. The number of carbonyl (C=O) groups is 1. The second kappa shape index (κ2) is 8.75. The van der Waals surface area contributed by atoms with E-state index in [1.54, 1.807) is 18.6 Å². The monoisotopic (exact) mass is 366 g/mol. The lowest BCUT2D eigenvalue weighted by Crippen LogP contribution is -2.27. The van der Waals surface area contributed by atoms with Gasteiger partial charge >= 0.3 is 0 Å². The Morgan fingerprint density at radius 1 is 1.36 bits per heavy atom. The number of carbonyl (C=O) groups excluding carboxylic acids is 1. The molecule has 2 aromatic rings. The van der Waals surface area contributed by atoms with Crippen LogP contribution in [-0.4, -0.2) is 49.0 Å². The number of hydrogen-bond donors (Lipinski definition) is 1. The number of hydrogen-bond acceptors (Lipinski definition) is 5. The van der Waals surface area contributed by atoms with Crippen molar-refractivity contribution in [2.75, 3.05) is 20.7 Å². The fourth-order valence-corrected chi connectivity index (χ4v) is 3.21. The molecule has 0 spiro atoms. The molecule has 0 saturated carbocycles. The molecule has 1 aromatic carbocycles. The van der Waals surface area contributed by atoms with Gasteiger partial charge in [-0.2, -0.15) is 0 Å². The molecular formula is C16H22N4O4S. The Balaban J connectivity index is 1.88. The average Bonchev–Trinajstić information content (AvgIpc) is 3.14. The van der Waals surface area contributed by atoms with Crippen LogP contribution in [0.1, 0.15) is 23.2 Å². The van der Waals surface area contributed by atoms with Gasteiger partial charge in [-0.25, -0.2) is 13.4 Å². The predicted molar refractivity (Wildman–Crippen MR) is 92.2 cm³/mol. The van der Waals surface area contributed by atoms with Crippen LogP contribution in [-0.2, 0) is 21.4 Å². The lowest BCUT2D eigenvalue weighted by molar-refractivity contribution is -0.0258. The molecule has 9 heteroatoms. The van der Waals surface area contributed by atoms with E-state index >= 15 is 0 Å². The Hall–Kier alpha value is -2.23. The standard InChI is InChI=1S/C16H22N4O4S/c1-19(24-2)25(22,23)15-7-5-6-14(12-15)16(21)18-8-3-4-10-20-11-9-17-13-20/h5-7,9,11-13H,3-4,8,10H2,1-2H3,(H,18,21). The zero-order chi connectivity index (χ0) is 18.3. The van der Waals surface area contributed by atoms with Crippen LogP contribution in [0.3, 0.4) is 0 Å². The Kier molecular flexibility index (Phi) is 6.68. The molecule has 2 rings (SSSR count). The second-order valence-electron chi connectivity index (χ2n) is 5.39. The first-order valence-electron chi connectivity index (χ1n) is 7.82. The molecule has 0 bridgehead atoms. The summed E-state index contributed by atoms with van der Waals surface area (Å²) in [5, 5.41) is 2.80. The molecule has 1 aromatic heterocycles. The number of unbranched alkanes of at least 4 members (excludes halogenated alkanes) is 1. The number of benzene rings is 1. The lowest BCUT2D eigenvalue weighted by atomic mass is 10.2. The van der Waals surface area contributed by atoms with Gasteiger partial charge in [-0.15, -0.1) is 0 Å². The van der Waals surface area contributed by atoms with E-state index < -0.39 is 10.0 Å². The van der Waals surface area contributed by atoms with Gasteiger partial charge in [-0.3, -0.25) is 9.63 Å². The van der Waals surface area contributed by atoms with Crippen molar-refractivity contribution in [3.05, 3.63) is 48.5 Å². The number of sulfonamides is 1. The third-order valence-electron chi connectivity index (χ3n) is 3.68. The van der Waals surface area contributed by atoms with Gasteiger partial charge in [0.05, 0.1) is 18.3 Å². The smallest absolute Gasteiger partial charge is 0.264 e. The van der Waals surface area contributed by atoms with Gasteiger partial charge in [0.1, 0.15) is 0 Å². The number of hydroxylamine groups is 1. The van der Waals surface area contributed by atoms with Gasteiger partial charge in [0.2, 0.25) is 0 Å². The quantitative estimate of drug-likeness (QED) is 0.533. The van der Waals surface area contributed by atoms with Crippen LogP contribution >= 0.6 is 0 Å². The van der Waals surface area contributed by atoms with Crippen molar-refractivity contribution in [3.8, 4) is 0 Å². The molecule has 1 N–H and O–H groups in total. The highest BCUT2D eigenvalue weighted by atomic mass is 32.2. The first kappa shape index (κ1) is 19.1. The molecule has 0 unspecified atom stereocenters. The van der Waals surface area contributed by atoms with E-state index in [1.807, 2.05) is 10.8 Å². The Bertz CT molecular complexity index is 790. The maximum Gasteiger partial charge on any atom is 0.264 e. The van der Waals surface area contributed by atoms with Crippen molar-refractivity contribution in [1.29, 1.82) is 0 Å². The van der Waals surface area contributed by atoms with E-state index in [1.165, 1.54) is 32.4 Å². The first-order chi connectivity index (χ1) is 11.9. The summed E-state index contributed by atoms with van der Waals surface area (Å²) in [5.41, 5.74) is 0.292. The number of imidazole rings is 1. The molecule has 8 nitrogen and oxygen atoms in total. The number of aromatic nitrogens is 2. The number of rotatable bonds is 9. The fraction of sp³-hybridized carbons (Fsp3) is 0.375. The van der Waals surface area contributed by atoms with E-state index in [0.717, 1.165) is 23.9 Å². The summed E-state index contributed by atoms with van der Waals surface area (Å²) >= 11 is 0. The third kappa shape index (κ3) is 5.12. The van der Waals surface area contributed by atoms with Crippen molar-refractivity contribution in [2.45, 2.75) is 24.3 Å². The van der Waals surface area contributed by atoms with Gasteiger partial charge in [-0.05, 0) is 31.0 Å². The Labute approximate surface area is 147 Å². The van der Waals surface area contributed by atoms with Crippen molar-refractivity contribution in [1.82, 2.24) is 19.3 Å². The molecule has 0 saturated heterocycles. The summed E-state index contributed by atoms with van der Waals surface area (Å²) < 4.78 is 27.1. The van der Waals surface area contributed by atoms with Crippen LogP contribution in [0.5, 0.6) is 0 Å². The van der Waals surface area contributed by atoms with Gasteiger partial charge in [0, 0.05) is 38.1 Å². The Morgan fingerprint density at radius 3 is 2.84 bits per heavy atom. The summed E-state index contributed by atoms with van der Waals surface area (Å²) in [5.74, 6) is -0.306. The highest BCUT2D eigenvalue weighted by molar-refractivity contribution is 7.89. The van der Waals surface area contributed by atoms with Crippen molar-refractivity contribution >= 4 is 15.9 Å². The lowest BCUT2D eigenvalue weighted by Gasteiger charge is -2.14. The van der Waals surface area contributed by atoms with Crippen molar-refractivity contribution in [2.24, 2.45) is 0 Å². The molecule has 1 amide bonds. The SMILES string of the molecule is CON(C)S(=O)(=O)c1cccc(C(=O)NCCCCn2ccnc2)c1. The molecule has 0 fully saturated rings. The summed E-state index contributed by atoms with van der Waals surface area (Å²) in [4.78, 5) is 20.9. The van der Waals surface area contributed by atoms with Crippen molar-refractivity contribution in [3.63, 3.8) is 0 Å². The molecule has 0 aliphatic carbocycles. The summed E-state index contributed by atoms with van der Waals surface area (Å²) in [6.45, 7) is 1.36. The summed E-state index contributed by atoms with van der Waals surface area (Å²) in [7, 11) is -1.22. The van der Waals surface area contributed by atoms with Gasteiger partial charge in [0.15, 0.2) is 0 Å². The molecule has 0 radical (unpaired) electrons. The second-order valence-corrected chi connectivity index (χ2v) is 7.32. The van der Waals surface area contributed by atoms with Crippen LogP contribution in [0.25, 0.3) is 0 Å². The molecule has 25 heavy (non-hydrogen) atoms. The minimum Gasteiger partial charge on any atom is -0.352 e. The predicted octanol–water partition coefficient (Wildman–Crippen LogP) is 1.28. The minimum absolute atomic E-state index is 0.00427. The molecule has 0 aliphatic heterocycles. The number of aryl methyl sites for hydroxylation is 1. The van der Waals surface area contributed by atoms with Gasteiger partial charge in [0.25, 0.3) is 15.9 Å². The maximum atomic E-state index is 12.2. The number of nitrogens with one attached hydrogen (secondary N) is 1. The van der Waals surface area contributed by atoms with Crippen LogP contribution in [0.2, 0.25) is 0 Å². The van der Waals surface area contributed by atoms with Crippen LogP contribution in [0, 0.1) is 0 Å². The molecule has 1 heterocycles. The third-order valence-corrected chi connectivity index (χ3v) is 5.35. The summed E-state index contributed by atoms with van der Waals surface area (Å²) in [6, 6.07) is 5.87. The van der Waals surface area contributed by atoms with E-state index in [-0.39, 0.29) is 10.8 Å². The van der Waals surface area contributed by atoms with E-state index in [2.05, 4.69) is 10.3 Å². The van der Waals surface area contributed by atoms with E-state index in [4.69, 9.17) is 4.84 Å². The van der Waals surface area contributed by atoms with Crippen LogP contribution in [0.15, 0.2) is 47.9 Å². The van der Waals surface area contributed by atoms with Crippen LogP contribution in [0.4, 0.5) is 0 Å². The topological polar surface area (TPSA) is 93.5 Å². The number of nitrogens with zero attached hydrogens (tertiary/aromatic N) is 3. The molecule has 0 atom stereocenters. The van der Waals surface area contributed by atoms with E-state index in [9.17, 15) is 13.2 Å². The van der Waals surface area contributed by atoms with E-state index in [0.29, 0.717) is 12.1 Å².